The molecule has 0 saturated heterocycles. The van der Waals surface area contributed by atoms with Crippen molar-refractivity contribution in [3.8, 4) is 0 Å². The molecule has 64 valence electrons. The van der Waals surface area contributed by atoms with Gasteiger partial charge in [0, 0.05) is 0 Å². The highest BCUT2D eigenvalue weighted by molar-refractivity contribution is 5.85. The lowest BCUT2D eigenvalue weighted by atomic mass is 10.2. The van der Waals surface area contributed by atoms with Gasteiger partial charge in [0.25, 0.3) is 0 Å². The van der Waals surface area contributed by atoms with Crippen LogP contribution in [0.15, 0.2) is 12.2 Å². The SMILES string of the molecule is CC(C)(C)OC(=O)/C(F)=C/F. The second-order valence-electron chi connectivity index (χ2n) is 2.96. The summed E-state index contributed by atoms with van der Waals surface area (Å²) in [6, 6.07) is 0. The minimum Gasteiger partial charge on any atom is -0.455 e. The molecule has 4 heteroatoms. The summed E-state index contributed by atoms with van der Waals surface area (Å²) in [4.78, 5) is 10.5. The van der Waals surface area contributed by atoms with E-state index < -0.39 is 23.7 Å². The van der Waals surface area contributed by atoms with Crippen molar-refractivity contribution in [2.45, 2.75) is 26.4 Å². The highest BCUT2D eigenvalue weighted by atomic mass is 19.2. The molecule has 11 heavy (non-hydrogen) atoms. The molecule has 0 aromatic heterocycles. The van der Waals surface area contributed by atoms with Crippen LogP contribution in [0.2, 0.25) is 0 Å². The predicted octanol–water partition coefficient (Wildman–Crippen LogP) is 2.11. The highest BCUT2D eigenvalue weighted by Gasteiger charge is 2.19. The fraction of sp³-hybridized carbons (Fsp3) is 0.571. The molecule has 0 radical (unpaired) electrons. The van der Waals surface area contributed by atoms with Crippen molar-refractivity contribution in [2.24, 2.45) is 0 Å². The van der Waals surface area contributed by atoms with E-state index in [2.05, 4.69) is 4.74 Å². The molecule has 0 fully saturated rings. The summed E-state index contributed by atoms with van der Waals surface area (Å²) in [5.74, 6) is -2.79. The Balaban J connectivity index is 4.10. The number of rotatable bonds is 1. The van der Waals surface area contributed by atoms with Crippen LogP contribution in [0.25, 0.3) is 0 Å². The number of esters is 1. The molecule has 0 aromatic carbocycles. The van der Waals surface area contributed by atoms with E-state index in [-0.39, 0.29) is 0 Å². The average Bonchev–Trinajstić information content (AvgIpc) is 1.82. The fourth-order valence-electron chi connectivity index (χ4n) is 0.371. The summed E-state index contributed by atoms with van der Waals surface area (Å²) < 4.78 is 27.9. The summed E-state index contributed by atoms with van der Waals surface area (Å²) in [6.07, 6.45) is -0.423. The standard InChI is InChI=1S/C7H10F2O2/c1-7(2,3)11-6(10)5(9)4-8/h4H,1-3H3/b5-4-. The molecule has 0 aliphatic carbocycles. The molecule has 0 bridgehead atoms. The van der Waals surface area contributed by atoms with Crippen molar-refractivity contribution in [1.82, 2.24) is 0 Å². The highest BCUT2D eigenvalue weighted by Crippen LogP contribution is 2.11. The molecule has 0 aliphatic rings. The van der Waals surface area contributed by atoms with Crippen molar-refractivity contribution in [3.05, 3.63) is 12.2 Å². The van der Waals surface area contributed by atoms with Gasteiger partial charge in [-0.1, -0.05) is 0 Å². The Bertz CT molecular complexity index is 179. The minimum absolute atomic E-state index is 0.423. The van der Waals surface area contributed by atoms with Gasteiger partial charge < -0.3 is 4.74 Å². The van der Waals surface area contributed by atoms with Crippen LogP contribution in [-0.2, 0) is 9.53 Å². The van der Waals surface area contributed by atoms with Crippen molar-refractivity contribution in [2.75, 3.05) is 0 Å². The van der Waals surface area contributed by atoms with Crippen LogP contribution in [0.3, 0.4) is 0 Å². The van der Waals surface area contributed by atoms with Gasteiger partial charge in [0.05, 0.1) is 0 Å². The normalized spacial score (nSPS) is 13.0. The number of carbonyl (C=O) groups excluding carboxylic acids is 1. The van der Waals surface area contributed by atoms with Gasteiger partial charge >= 0.3 is 5.97 Å². The quantitative estimate of drug-likeness (QED) is 0.438. The van der Waals surface area contributed by atoms with E-state index in [0.717, 1.165) is 0 Å². The largest absolute Gasteiger partial charge is 0.455 e. The molecule has 0 heterocycles. The Labute approximate surface area is 63.8 Å². The summed E-state index contributed by atoms with van der Waals surface area (Å²) in [6.45, 7) is 4.70. The number of carbonyl (C=O) groups is 1. The Hall–Kier alpha value is -0.930. The lowest BCUT2D eigenvalue weighted by molar-refractivity contribution is -0.151. The third-order valence-electron chi connectivity index (χ3n) is 0.690. The van der Waals surface area contributed by atoms with E-state index in [4.69, 9.17) is 0 Å². The zero-order valence-electron chi connectivity index (χ0n) is 6.65. The van der Waals surface area contributed by atoms with Gasteiger partial charge in [0.2, 0.25) is 5.83 Å². The van der Waals surface area contributed by atoms with E-state index in [0.29, 0.717) is 0 Å². The van der Waals surface area contributed by atoms with Gasteiger partial charge in [0.1, 0.15) is 11.9 Å². The average molecular weight is 164 g/mol. The van der Waals surface area contributed by atoms with E-state index in [1.165, 1.54) is 0 Å². The fourth-order valence-corrected chi connectivity index (χ4v) is 0.371. The van der Waals surface area contributed by atoms with Crippen LogP contribution < -0.4 is 0 Å². The smallest absolute Gasteiger partial charge is 0.370 e. The lowest BCUT2D eigenvalue weighted by Crippen LogP contribution is -2.23. The molecular weight excluding hydrogens is 154 g/mol. The Morgan fingerprint density at radius 1 is 1.45 bits per heavy atom. The maximum atomic E-state index is 12.1. The number of hydrogen-bond acceptors (Lipinski definition) is 2. The van der Waals surface area contributed by atoms with Crippen molar-refractivity contribution in [3.63, 3.8) is 0 Å². The molecule has 0 N–H and O–H groups in total. The van der Waals surface area contributed by atoms with Crippen molar-refractivity contribution < 1.29 is 18.3 Å². The Kier molecular flexibility index (Phi) is 3.17. The first-order chi connectivity index (χ1) is 4.87. The molecule has 0 aromatic rings. The van der Waals surface area contributed by atoms with Gasteiger partial charge in [-0.05, 0) is 20.8 Å². The number of hydrogen-bond donors (Lipinski definition) is 0. The van der Waals surface area contributed by atoms with Crippen molar-refractivity contribution in [1.29, 1.82) is 0 Å². The molecule has 0 atom stereocenters. The van der Waals surface area contributed by atoms with Gasteiger partial charge in [-0.3, -0.25) is 0 Å². The molecule has 0 unspecified atom stereocenters. The number of halogens is 2. The first kappa shape index (κ1) is 10.1. The second kappa shape index (κ2) is 3.46. The zero-order chi connectivity index (χ0) is 9.07. The monoisotopic (exact) mass is 164 g/mol. The van der Waals surface area contributed by atoms with Crippen LogP contribution in [-0.4, -0.2) is 11.6 Å². The number of ether oxygens (including phenoxy) is 1. The molecule has 0 aliphatic heterocycles. The minimum atomic E-state index is -1.51. The van der Waals surface area contributed by atoms with Gasteiger partial charge in [-0.15, -0.1) is 0 Å². The van der Waals surface area contributed by atoms with Gasteiger partial charge in [-0.2, -0.15) is 4.39 Å². The summed E-state index contributed by atoms with van der Waals surface area (Å²) in [5.41, 5.74) is -0.794. The molecule has 2 nitrogen and oxygen atoms in total. The second-order valence-corrected chi connectivity index (χ2v) is 2.96. The van der Waals surface area contributed by atoms with Crippen molar-refractivity contribution >= 4 is 5.97 Å². The molecule has 0 rings (SSSR count). The van der Waals surface area contributed by atoms with Crippen LogP contribution >= 0.6 is 0 Å². The van der Waals surface area contributed by atoms with Crippen LogP contribution in [0.5, 0.6) is 0 Å². The predicted molar refractivity (Wildman–Crippen MR) is 36.1 cm³/mol. The maximum absolute atomic E-state index is 12.1. The van der Waals surface area contributed by atoms with E-state index in [1.807, 2.05) is 0 Å². The summed E-state index contributed by atoms with van der Waals surface area (Å²) in [7, 11) is 0. The topological polar surface area (TPSA) is 26.3 Å². The van der Waals surface area contributed by atoms with E-state index in [1.54, 1.807) is 20.8 Å². The van der Waals surface area contributed by atoms with E-state index in [9.17, 15) is 13.6 Å². The van der Waals surface area contributed by atoms with Gasteiger partial charge in [-0.25, -0.2) is 9.18 Å². The lowest BCUT2D eigenvalue weighted by Gasteiger charge is -2.18. The van der Waals surface area contributed by atoms with Crippen LogP contribution in [0, 0.1) is 0 Å². The molecule has 0 saturated carbocycles. The zero-order valence-corrected chi connectivity index (χ0v) is 6.65. The Morgan fingerprint density at radius 2 is 1.91 bits per heavy atom. The summed E-state index contributed by atoms with van der Waals surface area (Å²) >= 11 is 0. The molecule has 0 spiro atoms. The van der Waals surface area contributed by atoms with E-state index >= 15 is 0 Å². The van der Waals surface area contributed by atoms with Crippen LogP contribution in [0.1, 0.15) is 20.8 Å². The molecule has 0 amide bonds. The first-order valence-electron chi connectivity index (χ1n) is 3.06. The van der Waals surface area contributed by atoms with Crippen LogP contribution in [0.4, 0.5) is 8.78 Å². The third-order valence-corrected chi connectivity index (χ3v) is 0.690. The van der Waals surface area contributed by atoms with Gasteiger partial charge in [0.15, 0.2) is 0 Å². The maximum Gasteiger partial charge on any atom is 0.370 e. The third kappa shape index (κ3) is 4.47. The summed E-state index contributed by atoms with van der Waals surface area (Å²) in [5, 5.41) is 0. The molecular formula is C7H10F2O2. The Morgan fingerprint density at radius 3 is 2.18 bits per heavy atom. The first-order valence-corrected chi connectivity index (χ1v) is 3.06.